The minimum absolute atomic E-state index is 0.233. The molecule has 1 N–H and O–H groups in total. The molecule has 0 saturated heterocycles. The Morgan fingerprint density at radius 3 is 3.00 bits per heavy atom. The van der Waals surface area contributed by atoms with Crippen molar-refractivity contribution in [3.05, 3.63) is 28.3 Å². The Bertz CT molecular complexity index is 473. The molecule has 1 aliphatic rings. The third kappa shape index (κ3) is 3.41. The molecule has 1 atom stereocenters. The van der Waals surface area contributed by atoms with Gasteiger partial charge in [-0.3, -0.25) is 4.79 Å². The van der Waals surface area contributed by atoms with Gasteiger partial charge >= 0.3 is 5.97 Å². The third-order valence-electron chi connectivity index (χ3n) is 3.56. The van der Waals surface area contributed by atoms with Crippen LogP contribution in [0, 0.1) is 0 Å². The molecule has 3 nitrogen and oxygen atoms in total. The summed E-state index contributed by atoms with van der Waals surface area (Å²) in [4.78, 5) is 11.3. The van der Waals surface area contributed by atoms with Crippen LogP contribution < -0.4 is 5.32 Å². The van der Waals surface area contributed by atoms with Crippen molar-refractivity contribution in [2.45, 2.75) is 45.1 Å². The molecule has 19 heavy (non-hydrogen) atoms. The van der Waals surface area contributed by atoms with Crippen molar-refractivity contribution in [1.29, 1.82) is 0 Å². The Morgan fingerprint density at radius 1 is 1.53 bits per heavy atom. The highest BCUT2D eigenvalue weighted by Gasteiger charge is 2.20. The van der Waals surface area contributed by atoms with E-state index in [0.29, 0.717) is 11.1 Å². The van der Waals surface area contributed by atoms with Gasteiger partial charge in [0.25, 0.3) is 0 Å². The lowest BCUT2D eigenvalue weighted by molar-refractivity contribution is -0.139. The minimum Gasteiger partial charge on any atom is -0.469 e. The predicted octanol–water partition coefficient (Wildman–Crippen LogP) is 3.58. The maximum atomic E-state index is 11.3. The highest BCUT2D eigenvalue weighted by molar-refractivity contribution is 6.33. The van der Waals surface area contributed by atoms with Gasteiger partial charge in [-0.2, -0.15) is 0 Å². The van der Waals surface area contributed by atoms with E-state index >= 15 is 0 Å². The Balaban J connectivity index is 2.19. The number of esters is 1. The SMILES string of the molecule is CCCC1CCc2cc(CC(=O)OC)cc(Cl)c2N1. The molecule has 4 heteroatoms. The van der Waals surface area contributed by atoms with Gasteiger partial charge in [-0.25, -0.2) is 0 Å². The molecule has 2 rings (SSSR count). The van der Waals surface area contributed by atoms with Crippen molar-refractivity contribution >= 4 is 23.3 Å². The molecular weight excluding hydrogens is 262 g/mol. The molecule has 0 saturated carbocycles. The number of carbonyl (C=O) groups excluding carboxylic acids is 1. The van der Waals surface area contributed by atoms with Gasteiger partial charge in [-0.15, -0.1) is 0 Å². The average molecular weight is 282 g/mol. The van der Waals surface area contributed by atoms with Crippen LogP contribution in [0.5, 0.6) is 0 Å². The molecule has 1 aliphatic heterocycles. The van der Waals surface area contributed by atoms with Crippen LogP contribution >= 0.6 is 11.6 Å². The Labute approximate surface area is 119 Å². The second-order valence-electron chi connectivity index (χ2n) is 5.03. The topological polar surface area (TPSA) is 38.3 Å². The first-order chi connectivity index (χ1) is 9.13. The quantitative estimate of drug-likeness (QED) is 0.857. The van der Waals surface area contributed by atoms with Gasteiger partial charge in [-0.1, -0.05) is 31.0 Å². The normalized spacial score (nSPS) is 17.5. The third-order valence-corrected chi connectivity index (χ3v) is 3.85. The van der Waals surface area contributed by atoms with Gasteiger partial charge in [0.05, 0.1) is 24.2 Å². The highest BCUT2D eigenvalue weighted by atomic mass is 35.5. The maximum absolute atomic E-state index is 11.3. The van der Waals surface area contributed by atoms with Gasteiger partial charge in [0.15, 0.2) is 0 Å². The fraction of sp³-hybridized carbons (Fsp3) is 0.533. The predicted molar refractivity (Wildman–Crippen MR) is 77.8 cm³/mol. The molecule has 0 radical (unpaired) electrons. The first-order valence-corrected chi connectivity index (χ1v) is 7.16. The molecule has 1 heterocycles. The monoisotopic (exact) mass is 281 g/mol. The van der Waals surface area contributed by atoms with Gasteiger partial charge in [0, 0.05) is 6.04 Å². The molecule has 0 aliphatic carbocycles. The fourth-order valence-corrected chi connectivity index (χ4v) is 2.91. The van der Waals surface area contributed by atoms with Crippen LogP contribution in [0.15, 0.2) is 12.1 Å². The number of halogens is 1. The Kier molecular flexibility index (Phi) is 4.70. The van der Waals surface area contributed by atoms with Gasteiger partial charge in [-0.05, 0) is 36.5 Å². The molecule has 1 aromatic carbocycles. The van der Waals surface area contributed by atoms with E-state index in [-0.39, 0.29) is 12.4 Å². The van der Waals surface area contributed by atoms with Crippen LogP contribution in [0.1, 0.15) is 37.3 Å². The van der Waals surface area contributed by atoms with E-state index in [0.717, 1.165) is 24.1 Å². The molecule has 104 valence electrons. The van der Waals surface area contributed by atoms with Gasteiger partial charge in [0.2, 0.25) is 0 Å². The number of rotatable bonds is 4. The molecule has 0 spiro atoms. The number of fused-ring (bicyclic) bond motifs is 1. The number of hydrogen-bond donors (Lipinski definition) is 1. The number of ether oxygens (including phenoxy) is 1. The molecule has 1 unspecified atom stereocenters. The maximum Gasteiger partial charge on any atom is 0.309 e. The summed E-state index contributed by atoms with van der Waals surface area (Å²) >= 11 is 6.32. The van der Waals surface area contributed by atoms with Gasteiger partial charge in [0.1, 0.15) is 0 Å². The van der Waals surface area contributed by atoms with Crippen molar-refractivity contribution in [3.63, 3.8) is 0 Å². The average Bonchev–Trinajstić information content (AvgIpc) is 2.40. The standard InChI is InChI=1S/C15H20ClNO2/c1-3-4-12-6-5-11-7-10(9-14(18)19-2)8-13(16)15(11)17-12/h7-8,12,17H,3-6,9H2,1-2H3. The number of methoxy groups -OCH3 is 1. The molecule has 1 aromatic rings. The number of benzene rings is 1. The lowest BCUT2D eigenvalue weighted by Gasteiger charge is -2.28. The zero-order valence-electron chi connectivity index (χ0n) is 11.5. The van der Waals surface area contributed by atoms with Crippen molar-refractivity contribution in [2.24, 2.45) is 0 Å². The first kappa shape index (κ1) is 14.2. The highest BCUT2D eigenvalue weighted by Crippen LogP contribution is 2.34. The molecule has 0 bridgehead atoms. The van der Waals surface area contributed by atoms with E-state index in [1.165, 1.54) is 25.5 Å². The van der Waals surface area contributed by atoms with Crippen LogP contribution in [0.4, 0.5) is 5.69 Å². The number of nitrogens with one attached hydrogen (secondary N) is 1. The summed E-state index contributed by atoms with van der Waals surface area (Å²) in [6.07, 6.45) is 4.76. The van der Waals surface area contributed by atoms with E-state index in [1.54, 1.807) is 0 Å². The number of aryl methyl sites for hydroxylation is 1. The van der Waals surface area contributed by atoms with E-state index < -0.39 is 0 Å². The number of anilines is 1. The second-order valence-corrected chi connectivity index (χ2v) is 5.44. The first-order valence-electron chi connectivity index (χ1n) is 6.78. The van der Waals surface area contributed by atoms with Crippen LogP contribution in [0.3, 0.4) is 0 Å². The van der Waals surface area contributed by atoms with Crippen molar-refractivity contribution < 1.29 is 9.53 Å². The fourth-order valence-electron chi connectivity index (χ4n) is 2.60. The number of hydrogen-bond acceptors (Lipinski definition) is 3. The van der Waals surface area contributed by atoms with E-state index in [2.05, 4.69) is 23.0 Å². The second kappa shape index (κ2) is 6.29. The van der Waals surface area contributed by atoms with E-state index in [9.17, 15) is 4.79 Å². The summed E-state index contributed by atoms with van der Waals surface area (Å²) in [6, 6.07) is 4.44. The minimum atomic E-state index is -0.233. The lowest BCUT2D eigenvalue weighted by Crippen LogP contribution is -2.25. The van der Waals surface area contributed by atoms with Crippen molar-refractivity contribution in [2.75, 3.05) is 12.4 Å². The summed E-state index contributed by atoms with van der Waals surface area (Å²) in [5.41, 5.74) is 3.17. The number of carbonyl (C=O) groups is 1. The summed E-state index contributed by atoms with van der Waals surface area (Å²) in [6.45, 7) is 2.19. The summed E-state index contributed by atoms with van der Waals surface area (Å²) in [7, 11) is 1.40. The van der Waals surface area contributed by atoms with E-state index in [1.807, 2.05) is 6.07 Å². The molecular formula is C15H20ClNO2. The Morgan fingerprint density at radius 2 is 2.32 bits per heavy atom. The van der Waals surface area contributed by atoms with Crippen molar-refractivity contribution in [3.8, 4) is 0 Å². The summed E-state index contributed by atoms with van der Waals surface area (Å²) < 4.78 is 4.69. The smallest absolute Gasteiger partial charge is 0.309 e. The van der Waals surface area contributed by atoms with Crippen LogP contribution in [-0.4, -0.2) is 19.1 Å². The molecule has 0 aromatic heterocycles. The molecule has 0 amide bonds. The summed E-state index contributed by atoms with van der Waals surface area (Å²) in [5, 5.41) is 4.22. The largest absolute Gasteiger partial charge is 0.469 e. The zero-order chi connectivity index (χ0) is 13.8. The van der Waals surface area contributed by atoms with Crippen LogP contribution in [0.25, 0.3) is 0 Å². The molecule has 0 fully saturated rings. The van der Waals surface area contributed by atoms with E-state index in [4.69, 9.17) is 11.6 Å². The zero-order valence-corrected chi connectivity index (χ0v) is 12.2. The van der Waals surface area contributed by atoms with Crippen LogP contribution in [-0.2, 0) is 22.4 Å². The lowest BCUT2D eigenvalue weighted by atomic mass is 9.93. The van der Waals surface area contributed by atoms with Crippen LogP contribution in [0.2, 0.25) is 5.02 Å². The van der Waals surface area contributed by atoms with Gasteiger partial charge < -0.3 is 10.1 Å². The van der Waals surface area contributed by atoms with Crippen molar-refractivity contribution in [1.82, 2.24) is 0 Å². The summed E-state index contributed by atoms with van der Waals surface area (Å²) in [5.74, 6) is -0.233. The Hall–Kier alpha value is -1.22.